The summed E-state index contributed by atoms with van der Waals surface area (Å²) in [6, 6.07) is 4.65. The van der Waals surface area contributed by atoms with Crippen molar-refractivity contribution in [2.24, 2.45) is 11.7 Å². The molecule has 1 aromatic carbocycles. The highest BCUT2D eigenvalue weighted by atomic mass is 16.5. The molecule has 0 unspecified atom stereocenters. The topological polar surface area (TPSA) is 562 Å². The van der Waals surface area contributed by atoms with Gasteiger partial charge in [0.15, 0.2) is 11.6 Å². The first-order chi connectivity index (χ1) is 50.6. The fourth-order valence-electron chi connectivity index (χ4n) is 12.1. The third-order valence-electron chi connectivity index (χ3n) is 17.2. The van der Waals surface area contributed by atoms with Crippen LogP contribution in [0.25, 0.3) is 10.9 Å². The first-order valence-corrected chi connectivity index (χ1v) is 34.9. The summed E-state index contributed by atoms with van der Waals surface area (Å²) in [7, 11) is 1.59. The molecule has 0 aliphatic carbocycles. The van der Waals surface area contributed by atoms with E-state index in [-0.39, 0.29) is 174 Å². The number of amides is 9. The van der Waals surface area contributed by atoms with Gasteiger partial charge in [0.2, 0.25) is 53.2 Å². The van der Waals surface area contributed by atoms with Crippen LogP contribution in [-0.4, -0.2) is 326 Å². The van der Waals surface area contributed by atoms with Crippen molar-refractivity contribution < 1.29 is 121 Å². The lowest BCUT2D eigenvalue weighted by atomic mass is 9.90. The largest absolute Gasteiger partial charge is 0.481 e. The summed E-state index contributed by atoms with van der Waals surface area (Å²) in [5.74, 6) is -14.0. The fraction of sp³-hybridized carbons (Fsp3) is 0.642. The first-order valence-electron chi connectivity index (χ1n) is 34.9. The minimum atomic E-state index is -1.40. The number of ketones is 2. The number of benzene rings is 1. The highest BCUT2D eigenvalue weighted by Crippen LogP contribution is 2.28. The number of fused-ring (bicyclic) bond motifs is 1. The van der Waals surface area contributed by atoms with Crippen LogP contribution >= 0.6 is 0 Å². The van der Waals surface area contributed by atoms with Crippen molar-refractivity contribution >= 4 is 105 Å². The molecule has 39 nitrogen and oxygen atoms in total. The third-order valence-corrected chi connectivity index (χ3v) is 17.2. The lowest BCUT2D eigenvalue weighted by Gasteiger charge is -2.45. The highest BCUT2D eigenvalue weighted by molar-refractivity contribution is 5.96. The molecule has 1 aromatic heterocycles. The number of aliphatic carboxylic acids is 5. The Kier molecular flexibility index (Phi) is 40.6. The zero-order valence-electron chi connectivity index (χ0n) is 59.6. The number of nitrogens with two attached hydrogens (primary N) is 1. The van der Waals surface area contributed by atoms with E-state index in [2.05, 4.69) is 47.5 Å². The number of likely N-dealkylation sites (tertiary alicyclic amines) is 1. The normalized spacial score (nSPS) is 15.3. The van der Waals surface area contributed by atoms with Crippen LogP contribution in [0.4, 0.5) is 0 Å². The summed E-state index contributed by atoms with van der Waals surface area (Å²) in [5, 5.41) is 69.4. The second kappa shape index (κ2) is 48.5. The molecule has 106 heavy (non-hydrogen) atoms. The van der Waals surface area contributed by atoms with E-state index in [1.54, 1.807) is 13.2 Å². The number of ether oxygens (including phenoxy) is 4. The van der Waals surface area contributed by atoms with Crippen molar-refractivity contribution in [3.8, 4) is 0 Å². The van der Waals surface area contributed by atoms with Gasteiger partial charge in [0, 0.05) is 107 Å². The summed E-state index contributed by atoms with van der Waals surface area (Å²) in [6.07, 6.45) is 3.12. The molecular formula is C67H102N14O25. The van der Waals surface area contributed by atoms with Crippen LogP contribution in [0, 0.1) is 5.92 Å². The van der Waals surface area contributed by atoms with Gasteiger partial charge in [-0.3, -0.25) is 91.4 Å². The Balaban J connectivity index is 0.963. The van der Waals surface area contributed by atoms with Gasteiger partial charge in [-0.25, -0.2) is 0 Å². The quantitative estimate of drug-likeness (QED) is 0.0276. The van der Waals surface area contributed by atoms with Crippen LogP contribution in [-0.2, 0) is 102 Å². The standard InChI is InChI=1S/C67H102N14O25/c1-69-50(29-45-32-73-48-11-3-2-10-47(45)48)52(83)30-44(31-59(90)91)66(102)81-20-7-13-51(81)65(101)76-34-56(87)74-33-55(86)75-35-57(88)77-49(64(68)100)12-4-5-17-70-58(89)41-106-28-25-103-23-8-9-46(82)40-105-27-26-104-24-19-72-54(85)15-6-14-53(84)71-18-16-67(80(38-62(96)97)39-63(98)99)42-78(36-60(92)93)21-22-79(43-67)37-61(94)95/h2-3,10-11,32,44,49-51,69,73H,4-9,12-31,33-43H2,1H3,(H2,68,100)(H,70,89)(H,71,84)(H,72,85)(H,74,87)(H,75,86)(H,76,101)(H,77,88)(H,90,91)(H,92,93)(H,94,95)(H,96,97)(H,98,99)/t44-,49-,50-,51-/m0/s1. The van der Waals surface area contributed by atoms with Crippen LogP contribution in [0.5, 0.6) is 0 Å². The number of aromatic amines is 1. The van der Waals surface area contributed by atoms with Crippen molar-refractivity contribution in [1.82, 2.24) is 67.1 Å². The third kappa shape index (κ3) is 35.0. The van der Waals surface area contributed by atoms with Gasteiger partial charge >= 0.3 is 29.8 Å². The van der Waals surface area contributed by atoms with Crippen LogP contribution in [0.1, 0.15) is 89.0 Å². The number of rotatable bonds is 56. The number of hydrogen-bond acceptors (Lipinski definition) is 24. The van der Waals surface area contributed by atoms with Crippen molar-refractivity contribution in [2.75, 3.05) is 158 Å². The molecule has 39 heteroatoms. The van der Waals surface area contributed by atoms with Crippen molar-refractivity contribution in [2.45, 2.75) is 114 Å². The zero-order chi connectivity index (χ0) is 78.0. The fourth-order valence-corrected chi connectivity index (χ4v) is 12.1. The van der Waals surface area contributed by atoms with Crippen LogP contribution in [0.2, 0.25) is 0 Å². The Hall–Kier alpha value is -9.64. The van der Waals surface area contributed by atoms with Gasteiger partial charge in [-0.1, -0.05) is 18.2 Å². The Morgan fingerprint density at radius 2 is 1.17 bits per heavy atom. The maximum absolute atomic E-state index is 13.8. The smallest absolute Gasteiger partial charge is 0.317 e. The van der Waals surface area contributed by atoms with Gasteiger partial charge in [-0.05, 0) is 76.5 Å². The average Bonchev–Trinajstić information content (AvgIpc) is 1.51. The van der Waals surface area contributed by atoms with Gasteiger partial charge in [-0.15, -0.1) is 0 Å². The van der Waals surface area contributed by atoms with Crippen LogP contribution in [0.3, 0.4) is 0 Å². The summed E-state index contributed by atoms with van der Waals surface area (Å²) in [4.78, 5) is 208. The number of carboxylic acid groups (broad SMARTS) is 5. The Labute approximate surface area is 611 Å². The van der Waals surface area contributed by atoms with Crippen LogP contribution in [0.15, 0.2) is 30.5 Å². The molecule has 0 saturated carbocycles. The second-order valence-electron chi connectivity index (χ2n) is 25.6. The van der Waals surface area contributed by atoms with Crippen molar-refractivity contribution in [1.29, 1.82) is 0 Å². The molecule has 4 rings (SSSR count). The van der Waals surface area contributed by atoms with E-state index in [1.807, 2.05) is 24.3 Å². The van der Waals surface area contributed by atoms with E-state index in [4.69, 9.17) is 24.7 Å². The Morgan fingerprint density at radius 3 is 1.78 bits per heavy atom. The predicted molar refractivity (Wildman–Crippen MR) is 372 cm³/mol. The zero-order valence-corrected chi connectivity index (χ0v) is 59.6. The van der Waals surface area contributed by atoms with E-state index in [0.29, 0.717) is 25.7 Å². The minimum Gasteiger partial charge on any atom is -0.481 e. The number of nitrogens with one attached hydrogen (secondary N) is 9. The molecule has 9 amide bonds. The SMILES string of the molecule is CN[C@@H](Cc1c[nH]c2ccccc12)C(=O)C[C@@H](CC(=O)O)C(=O)N1CCC[C@H]1C(=O)NCC(=O)NCC(=O)NCC(=O)N[C@@H](CCCCNC(=O)COCCOCCCC(=O)COCCOCCNC(=O)CCCC(=O)NCCC1(N(CC(=O)O)CC(=O)O)CN(CC(=O)O)CCN(CC(=O)O)C1)C(N)=O. The van der Waals surface area contributed by atoms with E-state index in [9.17, 15) is 102 Å². The number of nitrogens with zero attached hydrogens (tertiary/aromatic N) is 4. The number of H-pyrrole nitrogens is 1. The van der Waals surface area contributed by atoms with Gasteiger partial charge in [0.05, 0.1) is 97.2 Å². The summed E-state index contributed by atoms with van der Waals surface area (Å²) in [5.41, 5.74) is 5.81. The number of aromatic nitrogens is 1. The molecule has 2 aromatic rings. The summed E-state index contributed by atoms with van der Waals surface area (Å²) >= 11 is 0. The lowest BCUT2D eigenvalue weighted by Crippen LogP contribution is -2.63. The van der Waals surface area contributed by atoms with Gasteiger partial charge in [0.25, 0.3) is 0 Å². The highest BCUT2D eigenvalue weighted by Gasteiger charge is 2.44. The molecule has 590 valence electrons. The number of carbonyl (C=O) groups is 16. The maximum atomic E-state index is 13.8. The molecule has 16 N–H and O–H groups in total. The Morgan fingerprint density at radius 1 is 0.585 bits per heavy atom. The molecule has 0 bridgehead atoms. The van der Waals surface area contributed by atoms with Gasteiger partial charge in [0.1, 0.15) is 25.3 Å². The number of hydrogen-bond donors (Lipinski definition) is 15. The molecule has 4 atom stereocenters. The molecular weight excluding hydrogens is 1400 g/mol. The number of Topliss-reactive ketones (excluding diaryl/α,β-unsaturated/α-hetero) is 2. The number of carbonyl (C=O) groups excluding carboxylic acids is 11. The number of likely N-dealkylation sites (N-methyl/N-ethyl adjacent to an activating group) is 1. The Bertz CT molecular complexity index is 3260. The number of primary amides is 1. The number of unbranched alkanes of at least 4 members (excludes halogenated alkanes) is 1. The lowest BCUT2D eigenvalue weighted by molar-refractivity contribution is -0.148. The molecule has 2 fully saturated rings. The van der Waals surface area contributed by atoms with E-state index in [0.717, 1.165) is 21.4 Å². The van der Waals surface area contributed by atoms with Gasteiger partial charge in [-0.2, -0.15) is 0 Å². The summed E-state index contributed by atoms with van der Waals surface area (Å²) < 4.78 is 21.6. The molecule has 2 saturated heterocycles. The predicted octanol–water partition coefficient (Wildman–Crippen LogP) is -4.85. The van der Waals surface area contributed by atoms with Crippen molar-refractivity contribution in [3.05, 3.63) is 36.0 Å². The molecule has 2 aliphatic rings. The van der Waals surface area contributed by atoms with E-state index in [1.165, 1.54) is 14.7 Å². The molecule has 0 radical (unpaired) electrons. The first kappa shape index (κ1) is 88.8. The maximum Gasteiger partial charge on any atom is 0.317 e. The molecule has 2 aliphatic heterocycles. The van der Waals surface area contributed by atoms with Crippen LogP contribution < -0.4 is 48.3 Å². The number of para-hydroxylation sites is 1. The molecule has 0 spiro atoms. The summed E-state index contributed by atoms with van der Waals surface area (Å²) in [6.45, 7) is -3.42. The van der Waals surface area contributed by atoms with Gasteiger partial charge < -0.3 is 103 Å². The van der Waals surface area contributed by atoms with Crippen molar-refractivity contribution in [3.63, 3.8) is 0 Å². The molecule has 3 heterocycles. The van der Waals surface area contributed by atoms with E-state index >= 15 is 0 Å². The van der Waals surface area contributed by atoms with E-state index < -0.39 is 165 Å². The minimum absolute atomic E-state index is 0.00817. The monoisotopic (exact) mass is 1500 g/mol. The number of carboxylic acids is 5. The average molecular weight is 1500 g/mol. The second-order valence-corrected chi connectivity index (χ2v) is 25.6.